The number of allylic oxidation sites excluding steroid dienone is 1. The number of likely N-dealkylation sites (N-methyl/N-ethyl adjacent to an activating group) is 2. The van der Waals surface area contributed by atoms with Gasteiger partial charge in [-0.3, -0.25) is 0 Å². The van der Waals surface area contributed by atoms with Crippen molar-refractivity contribution in [3.05, 3.63) is 71.1 Å². The Bertz CT molecular complexity index is 1510. The minimum absolute atomic E-state index is 0.336. The summed E-state index contributed by atoms with van der Waals surface area (Å²) in [7, 11) is 8.77. The zero-order valence-electron chi connectivity index (χ0n) is 25.2. The molecule has 6 nitrogen and oxygen atoms in total. The molecule has 0 aliphatic carbocycles. The first-order chi connectivity index (χ1) is 18.3. The van der Waals surface area contributed by atoms with E-state index in [4.69, 9.17) is 0 Å². The molecular weight excluding hydrogens is 484 g/mol. The molecule has 0 spiro atoms. The zero-order valence-corrected chi connectivity index (χ0v) is 25.2. The van der Waals surface area contributed by atoms with Crippen LogP contribution in [0.2, 0.25) is 0 Å². The number of phenolic OH excluding ortho intramolecular Hbond substituents is 2. The molecule has 2 heterocycles. The summed E-state index contributed by atoms with van der Waals surface area (Å²) in [5, 5.41) is 23.6. The standard InChI is InChI=1S/C33H46N4O2/c1-22(2)18-35-21-27(31-29(39)13-10-23(3)32(31)35)15-17-37(8,9)25(5)19-36-20-26(14-16-34(6)7)30-28(38)12-11-24(4)33(30)36/h10-13,20-21,25H,1,14-19H2,2-9H3,(H-,38,39)/p+1. The average molecular weight is 532 g/mol. The molecule has 0 saturated carbocycles. The van der Waals surface area contributed by atoms with Crippen LogP contribution in [0.25, 0.3) is 21.8 Å². The van der Waals surface area contributed by atoms with Gasteiger partial charge >= 0.3 is 0 Å². The van der Waals surface area contributed by atoms with E-state index in [1.165, 1.54) is 22.3 Å². The summed E-state index contributed by atoms with van der Waals surface area (Å²) >= 11 is 0. The number of benzene rings is 2. The van der Waals surface area contributed by atoms with Gasteiger partial charge in [-0.25, -0.2) is 0 Å². The van der Waals surface area contributed by atoms with Crippen molar-refractivity contribution in [1.29, 1.82) is 0 Å². The molecule has 1 atom stereocenters. The Labute approximate surface area is 234 Å². The first-order valence-electron chi connectivity index (χ1n) is 14.0. The van der Waals surface area contributed by atoms with Crippen molar-refractivity contribution in [3.63, 3.8) is 0 Å². The summed E-state index contributed by atoms with van der Waals surface area (Å²) in [6.45, 7) is 16.2. The molecule has 2 aromatic carbocycles. The fraction of sp³-hybridized carbons (Fsp3) is 0.455. The van der Waals surface area contributed by atoms with Gasteiger partial charge in [0.05, 0.1) is 38.2 Å². The molecule has 0 aliphatic heterocycles. The third kappa shape index (κ3) is 5.87. The van der Waals surface area contributed by atoms with Gasteiger partial charge in [0, 0.05) is 42.7 Å². The lowest BCUT2D eigenvalue weighted by Crippen LogP contribution is -2.50. The third-order valence-corrected chi connectivity index (χ3v) is 8.44. The largest absolute Gasteiger partial charge is 0.507 e. The molecule has 210 valence electrons. The van der Waals surface area contributed by atoms with Crippen molar-refractivity contribution in [2.45, 2.75) is 59.7 Å². The Kier molecular flexibility index (Phi) is 8.20. The summed E-state index contributed by atoms with van der Waals surface area (Å²) in [5.41, 5.74) is 8.08. The number of phenols is 2. The lowest BCUT2D eigenvalue weighted by atomic mass is 10.1. The zero-order chi connectivity index (χ0) is 28.6. The molecule has 2 aromatic heterocycles. The second kappa shape index (κ2) is 11.1. The minimum Gasteiger partial charge on any atom is -0.507 e. The first-order valence-corrected chi connectivity index (χ1v) is 14.0. The topological polar surface area (TPSA) is 53.6 Å². The average Bonchev–Trinajstić information content (AvgIpc) is 3.40. The SMILES string of the molecule is C=C(C)Cn1cc(CC[N+](C)(C)C(C)Cn2cc(CCN(C)C)c3c(O)ccc(C)c32)c2c(O)ccc(C)c21. The van der Waals surface area contributed by atoms with E-state index in [2.05, 4.69) is 82.0 Å². The normalized spacial score (nSPS) is 13.2. The molecule has 0 amide bonds. The van der Waals surface area contributed by atoms with Gasteiger partial charge in [0.25, 0.3) is 0 Å². The molecule has 0 aliphatic rings. The highest BCUT2D eigenvalue weighted by Gasteiger charge is 2.27. The Morgan fingerprint density at radius 1 is 0.897 bits per heavy atom. The predicted molar refractivity (Wildman–Crippen MR) is 164 cm³/mol. The molecule has 0 bridgehead atoms. The number of quaternary nitrogens is 1. The van der Waals surface area contributed by atoms with Gasteiger partial charge < -0.3 is 28.7 Å². The van der Waals surface area contributed by atoms with E-state index in [0.717, 1.165) is 70.9 Å². The van der Waals surface area contributed by atoms with Crippen molar-refractivity contribution in [2.24, 2.45) is 0 Å². The number of hydrogen-bond acceptors (Lipinski definition) is 3. The first kappa shape index (κ1) is 28.8. The molecule has 6 heteroatoms. The van der Waals surface area contributed by atoms with E-state index in [-0.39, 0.29) is 0 Å². The predicted octanol–water partition coefficient (Wildman–Crippen LogP) is 6.01. The highest BCUT2D eigenvalue weighted by atomic mass is 16.3. The van der Waals surface area contributed by atoms with Crippen LogP contribution in [0.3, 0.4) is 0 Å². The van der Waals surface area contributed by atoms with E-state index < -0.39 is 0 Å². The summed E-state index contributed by atoms with van der Waals surface area (Å²) in [6, 6.07) is 7.99. The number of fused-ring (bicyclic) bond motifs is 2. The lowest BCUT2D eigenvalue weighted by Gasteiger charge is -2.36. The van der Waals surface area contributed by atoms with Gasteiger partial charge in [0.15, 0.2) is 0 Å². The van der Waals surface area contributed by atoms with E-state index >= 15 is 0 Å². The van der Waals surface area contributed by atoms with Gasteiger partial charge in [-0.2, -0.15) is 0 Å². The van der Waals surface area contributed by atoms with Crippen LogP contribution in [0.15, 0.2) is 48.8 Å². The van der Waals surface area contributed by atoms with Crippen LogP contribution in [0, 0.1) is 13.8 Å². The maximum atomic E-state index is 10.8. The van der Waals surface area contributed by atoms with Crippen molar-refractivity contribution in [1.82, 2.24) is 14.0 Å². The maximum absolute atomic E-state index is 10.8. The Hall–Kier alpha value is -3.22. The van der Waals surface area contributed by atoms with Gasteiger partial charge in [-0.15, -0.1) is 0 Å². The molecule has 2 N–H and O–H groups in total. The van der Waals surface area contributed by atoms with Crippen LogP contribution in [0.5, 0.6) is 11.5 Å². The smallest absolute Gasteiger partial charge is 0.125 e. The fourth-order valence-corrected chi connectivity index (χ4v) is 5.79. The Balaban J connectivity index is 1.60. The monoisotopic (exact) mass is 531 g/mol. The molecule has 0 radical (unpaired) electrons. The number of nitrogens with zero attached hydrogens (tertiary/aromatic N) is 4. The Morgan fingerprint density at radius 3 is 1.95 bits per heavy atom. The van der Waals surface area contributed by atoms with Gasteiger partial charge in [0.1, 0.15) is 17.5 Å². The van der Waals surface area contributed by atoms with Crippen molar-refractivity contribution in [2.75, 3.05) is 41.3 Å². The van der Waals surface area contributed by atoms with E-state index in [1.807, 2.05) is 31.2 Å². The van der Waals surface area contributed by atoms with Crippen LogP contribution in [0.1, 0.15) is 36.1 Å². The van der Waals surface area contributed by atoms with Crippen LogP contribution < -0.4 is 0 Å². The minimum atomic E-state index is 0.336. The number of aryl methyl sites for hydroxylation is 2. The highest BCUT2D eigenvalue weighted by molar-refractivity contribution is 5.93. The van der Waals surface area contributed by atoms with E-state index in [0.29, 0.717) is 17.5 Å². The van der Waals surface area contributed by atoms with Gasteiger partial charge in [-0.1, -0.05) is 24.3 Å². The van der Waals surface area contributed by atoms with Gasteiger partial charge in [-0.05, 0) is 82.6 Å². The number of aromatic hydroxyl groups is 2. The third-order valence-electron chi connectivity index (χ3n) is 8.44. The number of hydrogen-bond donors (Lipinski definition) is 2. The van der Waals surface area contributed by atoms with E-state index in [9.17, 15) is 10.2 Å². The Morgan fingerprint density at radius 2 is 1.41 bits per heavy atom. The van der Waals surface area contributed by atoms with E-state index in [1.54, 1.807) is 0 Å². The van der Waals surface area contributed by atoms with Crippen LogP contribution in [-0.2, 0) is 25.9 Å². The molecule has 39 heavy (non-hydrogen) atoms. The molecular formula is C33H47N4O2+. The molecule has 4 aromatic rings. The molecule has 4 rings (SSSR count). The molecule has 0 saturated heterocycles. The maximum Gasteiger partial charge on any atom is 0.125 e. The molecule has 0 fully saturated rings. The summed E-state index contributed by atoms with van der Waals surface area (Å²) in [6.07, 6.45) is 6.23. The van der Waals surface area contributed by atoms with Crippen LogP contribution in [-0.4, -0.2) is 76.1 Å². The summed E-state index contributed by atoms with van der Waals surface area (Å²) in [5.74, 6) is 0.717. The fourth-order valence-electron chi connectivity index (χ4n) is 5.79. The lowest BCUT2D eigenvalue weighted by molar-refractivity contribution is -0.913. The number of rotatable bonds is 11. The van der Waals surface area contributed by atoms with Crippen LogP contribution in [0.4, 0.5) is 0 Å². The second-order valence-corrected chi connectivity index (χ2v) is 12.5. The summed E-state index contributed by atoms with van der Waals surface area (Å²) in [4.78, 5) is 2.19. The van der Waals surface area contributed by atoms with Gasteiger partial charge in [0.2, 0.25) is 0 Å². The highest BCUT2D eigenvalue weighted by Crippen LogP contribution is 2.35. The summed E-state index contributed by atoms with van der Waals surface area (Å²) < 4.78 is 5.43. The van der Waals surface area contributed by atoms with Crippen molar-refractivity contribution < 1.29 is 14.7 Å². The van der Waals surface area contributed by atoms with Crippen LogP contribution >= 0.6 is 0 Å². The second-order valence-electron chi connectivity index (χ2n) is 12.5. The molecule has 1 unspecified atom stereocenters. The van der Waals surface area contributed by atoms with Crippen molar-refractivity contribution in [3.8, 4) is 11.5 Å². The quantitative estimate of drug-likeness (QED) is 0.184. The van der Waals surface area contributed by atoms with Crippen molar-refractivity contribution >= 4 is 21.8 Å². The number of aromatic nitrogens is 2.